The van der Waals surface area contributed by atoms with Crippen LogP contribution in [0.1, 0.15) is 11.6 Å². The molecular formula is C10H12FNO4. The van der Waals surface area contributed by atoms with Crippen LogP contribution in [0, 0.1) is 5.82 Å². The lowest BCUT2D eigenvalue weighted by molar-refractivity contribution is -0.138. The summed E-state index contributed by atoms with van der Waals surface area (Å²) in [5.41, 5.74) is 5.45. The van der Waals surface area contributed by atoms with Crippen LogP contribution in [0.3, 0.4) is 0 Å². The fourth-order valence-electron chi connectivity index (χ4n) is 1.26. The number of hydrogen-bond acceptors (Lipinski definition) is 4. The topological polar surface area (TPSA) is 81.8 Å². The van der Waals surface area contributed by atoms with Crippen LogP contribution in [0.5, 0.6) is 11.5 Å². The number of carboxylic acids is 1. The summed E-state index contributed by atoms with van der Waals surface area (Å²) in [6, 6.07) is 0.916. The average Bonchev–Trinajstić information content (AvgIpc) is 2.27. The van der Waals surface area contributed by atoms with E-state index in [0.717, 1.165) is 6.07 Å². The van der Waals surface area contributed by atoms with Gasteiger partial charge in [0.15, 0.2) is 11.6 Å². The summed E-state index contributed by atoms with van der Waals surface area (Å²) in [5, 5.41) is 8.74. The molecule has 0 aliphatic heterocycles. The maximum absolute atomic E-state index is 13.4. The standard InChI is InChI=1S/C10H12FNO4/c1-15-7-4-8(16-2)6(11)3-5(7)9(12)10(13)14/h3-4,9H,12H2,1-2H3,(H,13,14). The van der Waals surface area contributed by atoms with Gasteiger partial charge < -0.3 is 20.3 Å². The number of rotatable bonds is 4. The van der Waals surface area contributed by atoms with Crippen molar-refractivity contribution in [3.05, 3.63) is 23.5 Å². The van der Waals surface area contributed by atoms with Gasteiger partial charge in [0, 0.05) is 11.6 Å². The van der Waals surface area contributed by atoms with E-state index in [9.17, 15) is 9.18 Å². The third-order valence-electron chi connectivity index (χ3n) is 2.11. The Kier molecular flexibility index (Phi) is 3.68. The van der Waals surface area contributed by atoms with Gasteiger partial charge >= 0.3 is 5.97 Å². The number of carbonyl (C=O) groups is 1. The maximum Gasteiger partial charge on any atom is 0.325 e. The van der Waals surface area contributed by atoms with Crippen molar-refractivity contribution in [2.45, 2.75) is 6.04 Å². The van der Waals surface area contributed by atoms with Gasteiger partial charge in [0.2, 0.25) is 0 Å². The van der Waals surface area contributed by atoms with Gasteiger partial charge in [-0.15, -0.1) is 0 Å². The van der Waals surface area contributed by atoms with E-state index in [4.69, 9.17) is 20.3 Å². The second kappa shape index (κ2) is 4.80. The monoisotopic (exact) mass is 229 g/mol. The summed E-state index contributed by atoms with van der Waals surface area (Å²) in [5.74, 6) is -1.80. The molecule has 0 aromatic heterocycles. The molecule has 0 saturated heterocycles. The minimum absolute atomic E-state index is 0.0295. The molecule has 0 bridgehead atoms. The zero-order chi connectivity index (χ0) is 12.3. The Morgan fingerprint density at radius 1 is 1.38 bits per heavy atom. The molecule has 1 aromatic carbocycles. The molecule has 1 unspecified atom stereocenters. The van der Waals surface area contributed by atoms with Crippen LogP contribution in [0.2, 0.25) is 0 Å². The lowest BCUT2D eigenvalue weighted by Gasteiger charge is -2.13. The van der Waals surface area contributed by atoms with Gasteiger partial charge in [-0.1, -0.05) is 0 Å². The van der Waals surface area contributed by atoms with E-state index in [0.29, 0.717) is 0 Å². The van der Waals surface area contributed by atoms with Crippen molar-refractivity contribution in [1.29, 1.82) is 0 Å². The lowest BCUT2D eigenvalue weighted by Crippen LogP contribution is -2.21. The van der Waals surface area contributed by atoms with Crippen LogP contribution >= 0.6 is 0 Å². The average molecular weight is 229 g/mol. The smallest absolute Gasteiger partial charge is 0.325 e. The first-order valence-corrected chi connectivity index (χ1v) is 4.41. The maximum atomic E-state index is 13.4. The molecule has 0 aliphatic rings. The van der Waals surface area contributed by atoms with E-state index in [1.165, 1.54) is 20.3 Å². The van der Waals surface area contributed by atoms with E-state index in [1.54, 1.807) is 0 Å². The Hall–Kier alpha value is -1.82. The molecule has 0 aliphatic carbocycles. The molecule has 1 aromatic rings. The minimum atomic E-state index is -1.34. The number of methoxy groups -OCH3 is 2. The van der Waals surface area contributed by atoms with Crippen LogP contribution in [0.15, 0.2) is 12.1 Å². The molecule has 0 saturated carbocycles. The normalized spacial score (nSPS) is 12.0. The molecule has 0 fully saturated rings. The van der Waals surface area contributed by atoms with Crippen molar-refractivity contribution in [3.8, 4) is 11.5 Å². The Balaban J connectivity index is 3.28. The number of nitrogens with two attached hydrogens (primary N) is 1. The Labute approximate surface area is 91.6 Å². The number of carboxylic acid groups (broad SMARTS) is 1. The second-order valence-electron chi connectivity index (χ2n) is 3.04. The van der Waals surface area contributed by atoms with Crippen molar-refractivity contribution in [2.24, 2.45) is 5.73 Å². The highest BCUT2D eigenvalue weighted by molar-refractivity contribution is 5.76. The molecule has 0 spiro atoms. The van der Waals surface area contributed by atoms with E-state index < -0.39 is 17.8 Å². The molecular weight excluding hydrogens is 217 g/mol. The molecule has 16 heavy (non-hydrogen) atoms. The van der Waals surface area contributed by atoms with Crippen LogP contribution in [-0.4, -0.2) is 25.3 Å². The summed E-state index contributed by atoms with van der Waals surface area (Å²) in [7, 11) is 2.64. The summed E-state index contributed by atoms with van der Waals surface area (Å²) >= 11 is 0. The molecule has 0 amide bonds. The second-order valence-corrected chi connectivity index (χ2v) is 3.04. The molecule has 3 N–H and O–H groups in total. The van der Waals surface area contributed by atoms with Crippen LogP contribution < -0.4 is 15.2 Å². The largest absolute Gasteiger partial charge is 0.496 e. The molecule has 6 heteroatoms. The van der Waals surface area contributed by atoms with Crippen LogP contribution in [-0.2, 0) is 4.79 Å². The number of halogens is 1. The molecule has 1 atom stereocenters. The molecule has 88 valence electrons. The summed E-state index contributed by atoms with van der Waals surface area (Å²) in [6.07, 6.45) is 0. The Morgan fingerprint density at radius 2 is 1.94 bits per heavy atom. The fraction of sp³-hybridized carbons (Fsp3) is 0.300. The Morgan fingerprint density at radius 3 is 2.38 bits per heavy atom. The fourth-order valence-corrected chi connectivity index (χ4v) is 1.26. The third-order valence-corrected chi connectivity index (χ3v) is 2.11. The van der Waals surface area contributed by atoms with E-state index in [2.05, 4.69) is 0 Å². The minimum Gasteiger partial charge on any atom is -0.496 e. The van der Waals surface area contributed by atoms with Crippen LogP contribution in [0.25, 0.3) is 0 Å². The number of ether oxygens (including phenoxy) is 2. The van der Waals surface area contributed by atoms with E-state index >= 15 is 0 Å². The number of aliphatic carboxylic acids is 1. The predicted octanol–water partition coefficient (Wildman–Crippen LogP) is 0.927. The number of benzene rings is 1. The highest BCUT2D eigenvalue weighted by Crippen LogP contribution is 2.31. The molecule has 0 heterocycles. The first-order valence-electron chi connectivity index (χ1n) is 4.41. The van der Waals surface area contributed by atoms with Gasteiger partial charge in [0.05, 0.1) is 14.2 Å². The number of hydrogen-bond donors (Lipinski definition) is 2. The van der Waals surface area contributed by atoms with Crippen molar-refractivity contribution >= 4 is 5.97 Å². The van der Waals surface area contributed by atoms with Crippen LogP contribution in [0.4, 0.5) is 4.39 Å². The summed E-state index contributed by atoms with van der Waals surface area (Å²) in [4.78, 5) is 10.7. The highest BCUT2D eigenvalue weighted by atomic mass is 19.1. The quantitative estimate of drug-likeness (QED) is 0.802. The molecule has 5 nitrogen and oxygen atoms in total. The van der Waals surface area contributed by atoms with Crippen molar-refractivity contribution in [1.82, 2.24) is 0 Å². The van der Waals surface area contributed by atoms with Gasteiger partial charge in [-0.2, -0.15) is 0 Å². The zero-order valence-corrected chi connectivity index (χ0v) is 8.86. The SMILES string of the molecule is COc1cc(OC)c(C(N)C(=O)O)cc1F. The van der Waals surface area contributed by atoms with Gasteiger partial charge in [-0.3, -0.25) is 4.79 Å². The summed E-state index contributed by atoms with van der Waals surface area (Å²) in [6.45, 7) is 0. The summed E-state index contributed by atoms with van der Waals surface area (Å²) < 4.78 is 23.0. The van der Waals surface area contributed by atoms with Gasteiger partial charge in [0.1, 0.15) is 11.8 Å². The first-order chi connectivity index (χ1) is 7.51. The van der Waals surface area contributed by atoms with E-state index in [-0.39, 0.29) is 17.1 Å². The van der Waals surface area contributed by atoms with Gasteiger partial charge in [0.25, 0.3) is 0 Å². The molecule has 0 radical (unpaired) electrons. The third kappa shape index (κ3) is 2.22. The zero-order valence-electron chi connectivity index (χ0n) is 8.86. The highest BCUT2D eigenvalue weighted by Gasteiger charge is 2.21. The van der Waals surface area contributed by atoms with Crippen molar-refractivity contribution < 1.29 is 23.8 Å². The predicted molar refractivity (Wildman–Crippen MR) is 54.1 cm³/mol. The molecule has 1 rings (SSSR count). The van der Waals surface area contributed by atoms with Gasteiger partial charge in [-0.25, -0.2) is 4.39 Å². The lowest BCUT2D eigenvalue weighted by atomic mass is 10.1. The van der Waals surface area contributed by atoms with Crippen molar-refractivity contribution in [2.75, 3.05) is 14.2 Å². The van der Waals surface area contributed by atoms with E-state index in [1.807, 2.05) is 0 Å². The van der Waals surface area contributed by atoms with Crippen molar-refractivity contribution in [3.63, 3.8) is 0 Å². The Bertz CT molecular complexity index is 408. The first kappa shape index (κ1) is 12.3. The van der Waals surface area contributed by atoms with Gasteiger partial charge in [-0.05, 0) is 6.07 Å².